The SMILES string of the molecule is O=[N+]([O-])c1ncc(I)c(C(F)F)c1Br. The Morgan fingerprint density at radius 2 is 2.21 bits per heavy atom. The molecule has 14 heavy (non-hydrogen) atoms. The summed E-state index contributed by atoms with van der Waals surface area (Å²) in [6.07, 6.45) is -1.72. The summed E-state index contributed by atoms with van der Waals surface area (Å²) in [5.41, 5.74) is -0.396. The van der Waals surface area contributed by atoms with Crippen LogP contribution in [-0.4, -0.2) is 9.91 Å². The summed E-state index contributed by atoms with van der Waals surface area (Å²) < 4.78 is 24.8. The van der Waals surface area contributed by atoms with Gasteiger partial charge in [0, 0.05) is 0 Å². The highest BCUT2D eigenvalue weighted by Crippen LogP contribution is 2.35. The Kier molecular flexibility index (Phi) is 3.70. The van der Waals surface area contributed by atoms with Crippen LogP contribution in [0.2, 0.25) is 0 Å². The van der Waals surface area contributed by atoms with Crippen LogP contribution in [0.4, 0.5) is 14.6 Å². The van der Waals surface area contributed by atoms with Gasteiger partial charge >= 0.3 is 5.82 Å². The second-order valence-electron chi connectivity index (χ2n) is 2.22. The molecule has 0 N–H and O–H groups in total. The molecule has 76 valence electrons. The minimum Gasteiger partial charge on any atom is -0.358 e. The average molecular weight is 379 g/mol. The first kappa shape index (κ1) is 11.7. The predicted molar refractivity (Wildman–Crippen MR) is 56.3 cm³/mol. The Labute approximate surface area is 99.1 Å². The highest BCUT2D eigenvalue weighted by atomic mass is 127. The molecule has 1 aromatic rings. The molecule has 0 unspecified atom stereocenters. The van der Waals surface area contributed by atoms with Crippen molar-refractivity contribution in [2.45, 2.75) is 6.43 Å². The summed E-state index contributed by atoms with van der Waals surface area (Å²) in [6.45, 7) is 0. The Hall–Kier alpha value is -0.380. The van der Waals surface area contributed by atoms with E-state index in [0.29, 0.717) is 0 Å². The molecule has 4 nitrogen and oxygen atoms in total. The summed E-state index contributed by atoms with van der Waals surface area (Å²) in [7, 11) is 0. The van der Waals surface area contributed by atoms with Crippen molar-refractivity contribution in [1.29, 1.82) is 0 Å². The summed E-state index contributed by atoms with van der Waals surface area (Å²) >= 11 is 4.39. The second kappa shape index (κ2) is 4.43. The number of pyridine rings is 1. The molecule has 0 amide bonds. The minimum atomic E-state index is -2.77. The van der Waals surface area contributed by atoms with Gasteiger partial charge in [-0.3, -0.25) is 0 Å². The fourth-order valence-corrected chi connectivity index (χ4v) is 2.45. The lowest BCUT2D eigenvalue weighted by Gasteiger charge is -2.04. The lowest BCUT2D eigenvalue weighted by Crippen LogP contribution is -2.00. The first-order valence-corrected chi connectivity index (χ1v) is 5.08. The highest BCUT2D eigenvalue weighted by Gasteiger charge is 2.25. The number of nitro groups is 1. The fourth-order valence-electron chi connectivity index (χ4n) is 0.797. The van der Waals surface area contributed by atoms with Crippen LogP contribution in [0.5, 0.6) is 0 Å². The van der Waals surface area contributed by atoms with E-state index in [-0.39, 0.29) is 8.04 Å². The molecule has 0 atom stereocenters. The van der Waals surface area contributed by atoms with Crippen LogP contribution in [0.3, 0.4) is 0 Å². The highest BCUT2D eigenvalue weighted by molar-refractivity contribution is 14.1. The predicted octanol–water partition coefficient (Wildman–Crippen LogP) is 3.29. The minimum absolute atomic E-state index is 0.190. The molecule has 0 radical (unpaired) electrons. The van der Waals surface area contributed by atoms with Gasteiger partial charge in [0.1, 0.15) is 4.47 Å². The molecule has 1 rings (SSSR count). The van der Waals surface area contributed by atoms with Crippen molar-refractivity contribution in [3.05, 3.63) is 29.9 Å². The normalized spacial score (nSPS) is 10.6. The van der Waals surface area contributed by atoms with E-state index in [4.69, 9.17) is 0 Å². The Balaban J connectivity index is 3.41. The van der Waals surface area contributed by atoms with Crippen LogP contribution in [-0.2, 0) is 0 Å². The van der Waals surface area contributed by atoms with Crippen LogP contribution < -0.4 is 0 Å². The van der Waals surface area contributed by atoms with Gasteiger partial charge in [-0.1, -0.05) is 0 Å². The topological polar surface area (TPSA) is 56.0 Å². The third kappa shape index (κ3) is 2.16. The molecule has 0 aliphatic heterocycles. The number of alkyl halides is 2. The first-order chi connectivity index (χ1) is 6.45. The zero-order valence-corrected chi connectivity index (χ0v) is 10.1. The molecule has 0 fully saturated rings. The molecule has 0 aliphatic carbocycles. The Morgan fingerprint density at radius 3 is 2.64 bits per heavy atom. The third-order valence-electron chi connectivity index (χ3n) is 1.38. The number of hydrogen-bond acceptors (Lipinski definition) is 3. The van der Waals surface area contributed by atoms with Crippen molar-refractivity contribution in [2.24, 2.45) is 0 Å². The van der Waals surface area contributed by atoms with E-state index in [1.54, 1.807) is 22.6 Å². The fraction of sp³-hybridized carbons (Fsp3) is 0.167. The van der Waals surface area contributed by atoms with Gasteiger partial charge in [0.05, 0.1) is 9.13 Å². The second-order valence-corrected chi connectivity index (χ2v) is 4.17. The maximum atomic E-state index is 12.4. The molecule has 1 heterocycles. The van der Waals surface area contributed by atoms with E-state index in [9.17, 15) is 18.9 Å². The van der Waals surface area contributed by atoms with Crippen LogP contribution in [0.15, 0.2) is 10.7 Å². The molecule has 8 heteroatoms. The van der Waals surface area contributed by atoms with Crippen molar-refractivity contribution < 1.29 is 13.7 Å². The number of halogens is 4. The van der Waals surface area contributed by atoms with Gasteiger partial charge in [0.15, 0.2) is 6.20 Å². The van der Waals surface area contributed by atoms with Gasteiger partial charge in [0.25, 0.3) is 6.43 Å². The van der Waals surface area contributed by atoms with Crippen molar-refractivity contribution in [3.8, 4) is 0 Å². The van der Waals surface area contributed by atoms with Gasteiger partial charge < -0.3 is 10.1 Å². The van der Waals surface area contributed by atoms with Crippen LogP contribution in [0.25, 0.3) is 0 Å². The van der Waals surface area contributed by atoms with Crippen molar-refractivity contribution in [3.63, 3.8) is 0 Å². The Bertz CT molecular complexity index is 388. The molecule has 1 aromatic heterocycles. The Morgan fingerprint density at radius 1 is 1.64 bits per heavy atom. The zero-order chi connectivity index (χ0) is 10.9. The van der Waals surface area contributed by atoms with Gasteiger partial charge in [-0.05, 0) is 48.4 Å². The lowest BCUT2D eigenvalue weighted by atomic mass is 10.3. The summed E-state index contributed by atoms with van der Waals surface area (Å²) in [4.78, 5) is 13.0. The molecule has 0 spiro atoms. The van der Waals surface area contributed by atoms with Crippen molar-refractivity contribution in [2.75, 3.05) is 0 Å². The zero-order valence-electron chi connectivity index (χ0n) is 6.38. The molecule has 0 bridgehead atoms. The quantitative estimate of drug-likeness (QED) is 0.450. The van der Waals surface area contributed by atoms with Crippen LogP contribution in [0, 0.1) is 13.7 Å². The van der Waals surface area contributed by atoms with E-state index in [1.807, 2.05) is 0 Å². The summed E-state index contributed by atoms with van der Waals surface area (Å²) in [6, 6.07) is 0. The van der Waals surface area contributed by atoms with Gasteiger partial charge in [-0.25, -0.2) is 8.78 Å². The van der Waals surface area contributed by atoms with Crippen LogP contribution >= 0.6 is 38.5 Å². The van der Waals surface area contributed by atoms with Crippen molar-refractivity contribution >= 4 is 44.3 Å². The summed E-state index contributed by atoms with van der Waals surface area (Å²) in [5.74, 6) is -0.597. The van der Waals surface area contributed by atoms with E-state index in [0.717, 1.165) is 6.20 Å². The maximum absolute atomic E-state index is 12.4. The molecular formula is C6H2BrF2IN2O2. The molecular weight excluding hydrogens is 377 g/mol. The van der Waals surface area contributed by atoms with E-state index in [2.05, 4.69) is 20.9 Å². The lowest BCUT2D eigenvalue weighted by molar-refractivity contribution is -0.390. The smallest absolute Gasteiger partial charge is 0.358 e. The number of hydrogen-bond donors (Lipinski definition) is 0. The molecule has 0 saturated heterocycles. The molecule has 0 aromatic carbocycles. The standard InChI is InChI=1S/C6H2BrF2IN2O2/c7-4-3(5(8)9)2(10)1-11-6(4)12(13)14/h1,5H. The summed E-state index contributed by atoms with van der Waals surface area (Å²) in [5, 5.41) is 10.4. The van der Waals surface area contributed by atoms with Gasteiger partial charge in [-0.2, -0.15) is 0 Å². The van der Waals surface area contributed by atoms with Crippen LogP contribution in [0.1, 0.15) is 12.0 Å². The molecule has 0 aliphatic rings. The van der Waals surface area contributed by atoms with Crippen molar-refractivity contribution in [1.82, 2.24) is 4.98 Å². The maximum Gasteiger partial charge on any atom is 0.378 e. The number of rotatable bonds is 2. The number of nitrogens with zero attached hydrogens (tertiary/aromatic N) is 2. The van der Waals surface area contributed by atoms with Gasteiger partial charge in [0.2, 0.25) is 0 Å². The molecule has 0 saturated carbocycles. The van der Waals surface area contributed by atoms with E-state index >= 15 is 0 Å². The monoisotopic (exact) mass is 378 g/mol. The number of aromatic nitrogens is 1. The van der Waals surface area contributed by atoms with Gasteiger partial charge in [-0.15, -0.1) is 0 Å². The van der Waals surface area contributed by atoms with E-state index in [1.165, 1.54) is 0 Å². The average Bonchev–Trinajstić information content (AvgIpc) is 2.02. The first-order valence-electron chi connectivity index (χ1n) is 3.21. The largest absolute Gasteiger partial charge is 0.378 e. The van der Waals surface area contributed by atoms with E-state index < -0.39 is 22.7 Å². The third-order valence-corrected chi connectivity index (χ3v) is 3.02.